The Kier molecular flexibility index (Phi) is 9.68. The number of thioether (sulfide) groups is 1. The number of carbonyl (C=O) groups is 4. The molecule has 1 saturated heterocycles. The number of carbonyl (C=O) groups excluding carboxylic acids is 4. The Morgan fingerprint density at radius 1 is 1.05 bits per heavy atom. The molecule has 2 heterocycles. The van der Waals surface area contributed by atoms with Crippen LogP contribution in [0.4, 0.5) is 13.2 Å². The summed E-state index contributed by atoms with van der Waals surface area (Å²) in [6.45, 7) is 3.16. The number of esters is 3. The van der Waals surface area contributed by atoms with Crippen LogP contribution in [0, 0.1) is 17.5 Å². The van der Waals surface area contributed by atoms with Crippen molar-refractivity contribution in [1.29, 1.82) is 0 Å². The molecule has 1 aromatic heterocycles. The highest BCUT2D eigenvalue weighted by Gasteiger charge is 2.52. The lowest BCUT2D eigenvalue weighted by atomic mass is 9.96. The minimum absolute atomic E-state index is 0.0592. The SMILES string of the molecule is CC(=O)OCC1O[C@H](SC2CCCC(=O)C2)C(OC(C)=O)[C@@H](n2cc(-c3cc(F)c(F)c(F)c3)nn2)[C@H]1OC(C)=O. The predicted octanol–water partition coefficient (Wildman–Crippen LogP) is 3.30. The summed E-state index contributed by atoms with van der Waals surface area (Å²) in [6.07, 6.45) is -0.0806. The van der Waals surface area contributed by atoms with E-state index in [2.05, 4.69) is 10.3 Å². The highest BCUT2D eigenvalue weighted by atomic mass is 32.2. The molecule has 11 nitrogen and oxygen atoms in total. The Balaban J connectivity index is 1.77. The van der Waals surface area contributed by atoms with Crippen LogP contribution in [0.25, 0.3) is 11.3 Å². The van der Waals surface area contributed by atoms with Crippen molar-refractivity contribution in [2.24, 2.45) is 0 Å². The summed E-state index contributed by atoms with van der Waals surface area (Å²) >= 11 is 1.26. The topological polar surface area (TPSA) is 136 Å². The van der Waals surface area contributed by atoms with E-state index in [4.69, 9.17) is 18.9 Å². The van der Waals surface area contributed by atoms with E-state index in [1.54, 1.807) is 0 Å². The van der Waals surface area contributed by atoms with Crippen molar-refractivity contribution < 1.29 is 51.3 Å². The van der Waals surface area contributed by atoms with Crippen molar-refractivity contribution in [3.05, 3.63) is 35.8 Å². The number of rotatable bonds is 8. The molecular formula is C26H28F3N3O8S. The van der Waals surface area contributed by atoms with Gasteiger partial charge >= 0.3 is 17.9 Å². The van der Waals surface area contributed by atoms with Crippen molar-refractivity contribution in [3.63, 3.8) is 0 Å². The Hall–Kier alpha value is -3.46. The molecule has 0 amide bonds. The van der Waals surface area contributed by atoms with Crippen LogP contribution in [0.3, 0.4) is 0 Å². The first-order valence-corrected chi connectivity index (χ1v) is 13.7. The van der Waals surface area contributed by atoms with Crippen molar-refractivity contribution in [1.82, 2.24) is 15.0 Å². The molecule has 3 unspecified atom stereocenters. The third kappa shape index (κ3) is 7.44. The molecule has 4 rings (SSSR count). The van der Waals surface area contributed by atoms with Crippen LogP contribution in [-0.4, -0.2) is 74.3 Å². The summed E-state index contributed by atoms with van der Waals surface area (Å²) < 4.78 is 65.2. The largest absolute Gasteiger partial charge is 0.463 e. The quantitative estimate of drug-likeness (QED) is 0.251. The maximum absolute atomic E-state index is 13.9. The molecule has 41 heavy (non-hydrogen) atoms. The minimum Gasteiger partial charge on any atom is -0.463 e. The fourth-order valence-corrected chi connectivity index (χ4v) is 6.38. The molecular weight excluding hydrogens is 571 g/mol. The van der Waals surface area contributed by atoms with E-state index in [0.717, 1.165) is 19.1 Å². The zero-order chi connectivity index (χ0) is 29.8. The van der Waals surface area contributed by atoms with Gasteiger partial charge in [-0.2, -0.15) is 0 Å². The zero-order valence-electron chi connectivity index (χ0n) is 22.4. The van der Waals surface area contributed by atoms with E-state index in [1.165, 1.54) is 36.5 Å². The maximum Gasteiger partial charge on any atom is 0.303 e. The van der Waals surface area contributed by atoms with Gasteiger partial charge < -0.3 is 18.9 Å². The molecule has 1 aliphatic carbocycles. The number of halogens is 3. The third-order valence-corrected chi connectivity index (χ3v) is 7.97. The van der Waals surface area contributed by atoms with Gasteiger partial charge in [-0.05, 0) is 25.0 Å². The van der Waals surface area contributed by atoms with Crippen molar-refractivity contribution in [3.8, 4) is 11.3 Å². The number of ketones is 1. The lowest BCUT2D eigenvalue weighted by Crippen LogP contribution is -2.58. The molecule has 2 aliphatic rings. The molecule has 1 aliphatic heterocycles. The molecule has 2 aromatic rings. The molecule has 0 spiro atoms. The number of aromatic nitrogens is 3. The van der Waals surface area contributed by atoms with Gasteiger partial charge in [-0.3, -0.25) is 19.2 Å². The molecule has 1 aromatic carbocycles. The lowest BCUT2D eigenvalue weighted by molar-refractivity contribution is -0.212. The molecule has 2 fully saturated rings. The number of benzene rings is 1. The molecule has 0 N–H and O–H groups in total. The van der Waals surface area contributed by atoms with Gasteiger partial charge in [0.25, 0.3) is 0 Å². The van der Waals surface area contributed by atoms with E-state index in [0.29, 0.717) is 19.3 Å². The van der Waals surface area contributed by atoms with E-state index in [9.17, 15) is 32.3 Å². The van der Waals surface area contributed by atoms with Crippen LogP contribution in [0.5, 0.6) is 0 Å². The summed E-state index contributed by atoms with van der Waals surface area (Å²) in [5.41, 5.74) is -1.12. The van der Waals surface area contributed by atoms with Gasteiger partial charge in [-0.25, -0.2) is 17.9 Å². The van der Waals surface area contributed by atoms with Crippen LogP contribution in [-0.2, 0) is 38.1 Å². The average molecular weight is 600 g/mol. The van der Waals surface area contributed by atoms with Crippen molar-refractivity contribution in [2.75, 3.05) is 6.61 Å². The Morgan fingerprint density at radius 3 is 2.32 bits per heavy atom. The smallest absolute Gasteiger partial charge is 0.303 e. The number of Topliss-reactive ketones (excluding diaryl/α,β-unsaturated/α-hetero) is 1. The molecule has 222 valence electrons. The van der Waals surface area contributed by atoms with E-state index in [-0.39, 0.29) is 35.3 Å². The maximum atomic E-state index is 13.9. The number of hydrogen-bond acceptors (Lipinski definition) is 11. The first-order valence-electron chi connectivity index (χ1n) is 12.8. The number of hydrogen-bond donors (Lipinski definition) is 0. The van der Waals surface area contributed by atoms with Crippen molar-refractivity contribution in [2.45, 2.75) is 81.5 Å². The van der Waals surface area contributed by atoms with Gasteiger partial charge in [0.15, 0.2) is 29.7 Å². The predicted molar refractivity (Wildman–Crippen MR) is 136 cm³/mol. The van der Waals surface area contributed by atoms with Gasteiger partial charge in [0, 0.05) is 44.4 Å². The summed E-state index contributed by atoms with van der Waals surface area (Å²) in [5.74, 6) is -6.49. The highest BCUT2D eigenvalue weighted by molar-refractivity contribution is 8.00. The first-order chi connectivity index (χ1) is 19.4. The van der Waals surface area contributed by atoms with Crippen LogP contribution >= 0.6 is 11.8 Å². The normalized spacial score (nSPS) is 26.3. The Labute approximate surface area is 237 Å². The summed E-state index contributed by atoms with van der Waals surface area (Å²) in [7, 11) is 0. The molecule has 0 bridgehead atoms. The van der Waals surface area contributed by atoms with Crippen LogP contribution in [0.1, 0.15) is 52.5 Å². The van der Waals surface area contributed by atoms with Gasteiger partial charge in [-0.15, -0.1) is 16.9 Å². The Bertz CT molecular complexity index is 1300. The van der Waals surface area contributed by atoms with Gasteiger partial charge in [0.05, 0.1) is 6.20 Å². The van der Waals surface area contributed by atoms with E-state index < -0.39 is 65.1 Å². The highest BCUT2D eigenvalue weighted by Crippen LogP contribution is 2.42. The zero-order valence-corrected chi connectivity index (χ0v) is 23.2. The van der Waals surface area contributed by atoms with E-state index >= 15 is 0 Å². The third-order valence-electron chi connectivity index (χ3n) is 6.53. The van der Waals surface area contributed by atoms with Gasteiger partial charge in [0.1, 0.15) is 35.7 Å². The fourth-order valence-electron chi connectivity index (χ4n) is 4.84. The van der Waals surface area contributed by atoms with Gasteiger partial charge in [0.2, 0.25) is 0 Å². The summed E-state index contributed by atoms with van der Waals surface area (Å²) in [4.78, 5) is 48.2. The van der Waals surface area contributed by atoms with Gasteiger partial charge in [-0.1, -0.05) is 5.21 Å². The summed E-state index contributed by atoms with van der Waals surface area (Å²) in [5, 5.41) is 7.83. The second-order valence-electron chi connectivity index (χ2n) is 9.71. The Morgan fingerprint density at radius 2 is 1.71 bits per heavy atom. The second kappa shape index (κ2) is 13.0. The van der Waals surface area contributed by atoms with E-state index in [1.807, 2.05) is 0 Å². The van der Waals surface area contributed by atoms with Crippen LogP contribution in [0.15, 0.2) is 18.3 Å². The number of nitrogens with zero attached hydrogens (tertiary/aromatic N) is 3. The average Bonchev–Trinajstić information content (AvgIpc) is 3.37. The van der Waals surface area contributed by atoms with Crippen molar-refractivity contribution >= 4 is 35.5 Å². The minimum atomic E-state index is -1.65. The standard InChI is InChI=1S/C26H28F3N3O8S/c1-12(33)37-11-21-24(38-13(2)34)23(32-10-20(30-31-32)15-7-18(27)22(29)19(28)8-15)25(39-14(3)35)26(40-21)41-17-6-4-5-16(36)9-17/h7-8,10,17,21,23-26H,4-6,9,11H2,1-3H3/t17?,21?,23-,24-,25?,26+/m0/s1. The fraction of sp³-hybridized carbons (Fsp3) is 0.538. The van der Waals surface area contributed by atoms with Crippen LogP contribution in [0.2, 0.25) is 0 Å². The second-order valence-corrected chi connectivity index (χ2v) is 11.1. The summed E-state index contributed by atoms with van der Waals surface area (Å²) in [6, 6.07) is 0.364. The molecule has 6 atom stereocenters. The number of ether oxygens (including phenoxy) is 4. The lowest BCUT2D eigenvalue weighted by Gasteiger charge is -2.45. The molecule has 15 heteroatoms. The first kappa shape index (κ1) is 30.5. The molecule has 0 radical (unpaired) electrons. The molecule has 1 saturated carbocycles. The monoisotopic (exact) mass is 599 g/mol. The van der Waals surface area contributed by atoms with Crippen LogP contribution < -0.4 is 0 Å².